The minimum absolute atomic E-state index is 0.0930. The SMILES string of the molecule is CNC(=O)[C@@H](CCC(=O)NCCOC1OC(CSOOO)C(O)C(SOOO)C1O)NC(=O)CN1CCN(CC(=O)O)CCN(CC(=O)O)CCN(CC(=O)O)CC1. The molecule has 28 heteroatoms. The second kappa shape index (κ2) is 28.4. The molecule has 3 amide bonds. The van der Waals surface area contributed by atoms with Crippen molar-refractivity contribution < 1.29 is 93.0 Å². The van der Waals surface area contributed by atoms with Crippen LogP contribution in [0.2, 0.25) is 0 Å². The van der Waals surface area contributed by atoms with Gasteiger partial charge in [-0.3, -0.25) is 48.4 Å². The van der Waals surface area contributed by atoms with E-state index in [0.29, 0.717) is 24.1 Å². The number of aliphatic carboxylic acids is 3. The van der Waals surface area contributed by atoms with Crippen molar-refractivity contribution in [2.24, 2.45) is 0 Å². The third-order valence-corrected chi connectivity index (χ3v) is 10.3. The highest BCUT2D eigenvalue weighted by Crippen LogP contribution is 2.32. The Morgan fingerprint density at radius 1 is 0.741 bits per heavy atom. The van der Waals surface area contributed by atoms with Crippen molar-refractivity contribution in [1.82, 2.24) is 35.6 Å². The van der Waals surface area contributed by atoms with E-state index in [2.05, 4.69) is 34.7 Å². The van der Waals surface area contributed by atoms with Crippen LogP contribution in [-0.4, -0.2) is 232 Å². The van der Waals surface area contributed by atoms with Crippen LogP contribution in [-0.2, 0) is 57.0 Å². The molecule has 5 unspecified atom stereocenters. The molecule has 6 atom stereocenters. The van der Waals surface area contributed by atoms with Gasteiger partial charge in [0, 0.05) is 96.5 Å². The third-order valence-electron chi connectivity index (χ3n) is 8.77. The zero-order chi connectivity index (χ0) is 43.0. The van der Waals surface area contributed by atoms with E-state index in [1.165, 1.54) is 7.05 Å². The van der Waals surface area contributed by atoms with E-state index in [1.807, 2.05) is 0 Å². The Bertz CT molecular complexity index is 1270. The molecule has 2 aliphatic heterocycles. The number of carbonyl (C=O) groups is 6. The standard InChI is InChI=1S/C30H53N7O19S2/c1-31-29(48)19(2-3-21(38)32-4-13-51-30-27(47)28(58-56-54-50)26(46)20(52-30)18-57-55-53-49)33-22(39)14-34-5-7-35(15-23(40)41)9-11-37(17-25(44)45)12-10-36(8-6-34)16-24(42)43/h19-20,26-28,30,46-47,49-50H,2-18H2,1H3,(H,31,48)(H,32,38)(H,33,39)(H,40,41)(H,42,43)(H,44,45)/t19-,20?,26?,27?,28?,30?/m1/s1. The summed E-state index contributed by atoms with van der Waals surface area (Å²) < 4.78 is 19.8. The number of carbonyl (C=O) groups excluding carboxylic acids is 3. The van der Waals surface area contributed by atoms with Crippen LogP contribution in [0.15, 0.2) is 0 Å². The molecular formula is C30H53N7O19S2. The highest BCUT2D eigenvalue weighted by atomic mass is 32.2. The maximum atomic E-state index is 13.3. The van der Waals surface area contributed by atoms with Crippen LogP contribution in [0.1, 0.15) is 12.8 Å². The molecule has 58 heavy (non-hydrogen) atoms. The first-order valence-corrected chi connectivity index (χ1v) is 19.6. The van der Waals surface area contributed by atoms with E-state index in [-0.39, 0.29) is 110 Å². The van der Waals surface area contributed by atoms with Gasteiger partial charge in [-0.2, -0.15) is 0 Å². The number of hydrogen-bond acceptors (Lipinski definition) is 22. The monoisotopic (exact) mass is 879 g/mol. The molecule has 2 rings (SSSR count). The summed E-state index contributed by atoms with van der Waals surface area (Å²) in [6.07, 6.45) is -5.64. The van der Waals surface area contributed by atoms with Gasteiger partial charge >= 0.3 is 17.9 Å². The molecule has 0 spiro atoms. The highest BCUT2D eigenvalue weighted by Gasteiger charge is 2.46. The molecule has 0 saturated carbocycles. The summed E-state index contributed by atoms with van der Waals surface area (Å²) >= 11 is 0.948. The molecule has 2 aliphatic rings. The Morgan fingerprint density at radius 3 is 1.71 bits per heavy atom. The largest absolute Gasteiger partial charge is 0.480 e. The van der Waals surface area contributed by atoms with Gasteiger partial charge in [0.1, 0.15) is 12.1 Å². The molecule has 26 nitrogen and oxygen atoms in total. The third kappa shape index (κ3) is 20.3. The van der Waals surface area contributed by atoms with Gasteiger partial charge in [0.15, 0.2) is 6.29 Å². The fourth-order valence-corrected chi connectivity index (χ4v) is 7.04. The van der Waals surface area contributed by atoms with E-state index in [4.69, 9.17) is 20.0 Å². The Balaban J connectivity index is 1.98. The van der Waals surface area contributed by atoms with Gasteiger partial charge in [0.25, 0.3) is 0 Å². The molecule has 0 radical (unpaired) electrons. The molecule has 0 aromatic heterocycles. The average Bonchev–Trinajstić information content (AvgIpc) is 3.16. The first-order valence-electron chi connectivity index (χ1n) is 17.9. The number of likely N-dealkylation sites (N-methyl/N-ethyl adjacent to an activating group) is 1. The van der Waals surface area contributed by atoms with E-state index in [9.17, 15) is 54.3 Å². The summed E-state index contributed by atoms with van der Waals surface area (Å²) in [6, 6.07) is -1.13. The first kappa shape index (κ1) is 51.1. The van der Waals surface area contributed by atoms with Crippen LogP contribution in [0.4, 0.5) is 0 Å². The Morgan fingerprint density at radius 2 is 1.24 bits per heavy atom. The topological polar surface area (TPSA) is 348 Å². The summed E-state index contributed by atoms with van der Waals surface area (Å²) in [4.78, 5) is 79.7. The molecule has 0 aromatic carbocycles. The van der Waals surface area contributed by atoms with Gasteiger partial charge < -0.3 is 51.0 Å². The number of hydrogen-bond donors (Lipinski definition) is 10. The predicted octanol–water partition coefficient (Wildman–Crippen LogP) is -4.44. The van der Waals surface area contributed by atoms with Crippen LogP contribution >= 0.6 is 24.1 Å². The number of nitrogens with one attached hydrogen (secondary N) is 3. The minimum Gasteiger partial charge on any atom is -0.480 e. The molecule has 2 saturated heterocycles. The summed E-state index contributed by atoms with van der Waals surface area (Å²) in [5.41, 5.74) is 0. The molecule has 2 heterocycles. The van der Waals surface area contributed by atoms with E-state index in [0.717, 1.165) is 0 Å². The van der Waals surface area contributed by atoms with Gasteiger partial charge in [-0.15, -0.1) is 8.67 Å². The molecule has 0 aliphatic carbocycles. The van der Waals surface area contributed by atoms with Gasteiger partial charge in [-0.05, 0) is 6.42 Å². The lowest BCUT2D eigenvalue weighted by Gasteiger charge is -2.41. The molecule has 0 bridgehead atoms. The molecular weight excluding hydrogens is 826 g/mol. The van der Waals surface area contributed by atoms with Crippen LogP contribution in [0, 0.1) is 0 Å². The number of carboxylic acids is 3. The summed E-state index contributed by atoms with van der Waals surface area (Å²) in [5, 5.41) is 79.8. The van der Waals surface area contributed by atoms with Crippen molar-refractivity contribution in [1.29, 1.82) is 0 Å². The highest BCUT2D eigenvalue weighted by molar-refractivity contribution is 7.95. The number of carboxylic acid groups (broad SMARTS) is 3. The van der Waals surface area contributed by atoms with E-state index < -0.39 is 71.5 Å². The lowest BCUT2D eigenvalue weighted by atomic mass is 10.0. The predicted molar refractivity (Wildman–Crippen MR) is 197 cm³/mol. The van der Waals surface area contributed by atoms with Gasteiger partial charge in [0.05, 0.1) is 56.0 Å². The van der Waals surface area contributed by atoms with Crippen LogP contribution in [0.3, 0.4) is 0 Å². The lowest BCUT2D eigenvalue weighted by molar-refractivity contribution is -0.433. The quantitative estimate of drug-likeness (QED) is 0.0189. The first-order chi connectivity index (χ1) is 27.7. The smallest absolute Gasteiger partial charge is 0.317 e. The Kier molecular flexibility index (Phi) is 25.0. The van der Waals surface area contributed by atoms with Crippen LogP contribution in [0.5, 0.6) is 0 Å². The second-order valence-corrected chi connectivity index (χ2v) is 14.5. The van der Waals surface area contributed by atoms with Gasteiger partial charge in [-0.1, -0.05) is 10.1 Å². The van der Waals surface area contributed by atoms with Gasteiger partial charge in [-0.25, -0.2) is 10.5 Å². The average molecular weight is 880 g/mol. The van der Waals surface area contributed by atoms with Crippen molar-refractivity contribution in [3.63, 3.8) is 0 Å². The van der Waals surface area contributed by atoms with E-state index >= 15 is 0 Å². The number of amides is 3. The van der Waals surface area contributed by atoms with E-state index in [1.54, 1.807) is 19.6 Å². The number of aliphatic hydroxyl groups excluding tert-OH is 2. The Labute approximate surface area is 341 Å². The maximum Gasteiger partial charge on any atom is 0.317 e. The molecule has 0 aromatic rings. The zero-order valence-electron chi connectivity index (χ0n) is 31.6. The van der Waals surface area contributed by atoms with Crippen LogP contribution < -0.4 is 16.0 Å². The fraction of sp³-hybridized carbons (Fsp3) is 0.800. The summed E-state index contributed by atoms with van der Waals surface area (Å²) in [7, 11) is 1.35. The number of rotatable bonds is 24. The Hall–Kier alpha value is -3.04. The van der Waals surface area contributed by atoms with Crippen molar-refractivity contribution in [3.05, 3.63) is 0 Å². The molecule has 2 fully saturated rings. The normalized spacial score (nSPS) is 23.8. The fourth-order valence-electron chi connectivity index (χ4n) is 5.87. The number of ether oxygens (including phenoxy) is 2. The van der Waals surface area contributed by atoms with Crippen molar-refractivity contribution >= 4 is 59.7 Å². The number of nitrogens with zero attached hydrogens (tertiary/aromatic N) is 4. The zero-order valence-corrected chi connectivity index (χ0v) is 33.3. The number of aliphatic hydroxyl groups is 2. The van der Waals surface area contributed by atoms with Crippen molar-refractivity contribution in [2.75, 3.05) is 104 Å². The second-order valence-electron chi connectivity index (χ2n) is 12.9. The van der Waals surface area contributed by atoms with Crippen molar-refractivity contribution in [3.8, 4) is 0 Å². The summed E-state index contributed by atoms with van der Waals surface area (Å²) in [6.45, 7) is -0.0339. The van der Waals surface area contributed by atoms with Crippen molar-refractivity contribution in [2.45, 2.75) is 48.7 Å². The minimum atomic E-state index is -1.51. The lowest BCUT2D eigenvalue weighted by Crippen LogP contribution is -2.58. The molecule has 10 N–H and O–H groups in total. The summed E-state index contributed by atoms with van der Waals surface area (Å²) in [5.74, 6) is -5.09. The van der Waals surface area contributed by atoms with Crippen LogP contribution in [0.25, 0.3) is 0 Å². The van der Waals surface area contributed by atoms with Gasteiger partial charge in [0.2, 0.25) is 17.7 Å². The molecule has 334 valence electrons. The maximum absolute atomic E-state index is 13.3.